The highest BCUT2D eigenvalue weighted by molar-refractivity contribution is 5.77. The zero-order valence-corrected chi connectivity index (χ0v) is 12.3. The summed E-state index contributed by atoms with van der Waals surface area (Å²) in [7, 11) is 0. The van der Waals surface area contributed by atoms with E-state index in [1.807, 2.05) is 19.9 Å². The van der Waals surface area contributed by atoms with E-state index in [9.17, 15) is 4.39 Å². The molecule has 6 heteroatoms. The second-order valence-electron chi connectivity index (χ2n) is 4.76. The van der Waals surface area contributed by atoms with Crippen molar-refractivity contribution in [3.8, 4) is 5.69 Å². The van der Waals surface area contributed by atoms with Gasteiger partial charge in [-0.05, 0) is 31.0 Å². The van der Waals surface area contributed by atoms with E-state index in [-0.39, 0.29) is 5.82 Å². The van der Waals surface area contributed by atoms with Crippen LogP contribution in [0, 0.1) is 12.7 Å². The number of imidazole rings is 1. The minimum Gasteiger partial charge on any atom is -0.370 e. The Balaban J connectivity index is 2.11. The van der Waals surface area contributed by atoms with Gasteiger partial charge in [0.2, 0.25) is 0 Å². The summed E-state index contributed by atoms with van der Waals surface area (Å²) in [5, 5.41) is 2.98. The minimum atomic E-state index is -0.302. The molecule has 5 nitrogen and oxygen atoms in total. The number of rotatable bonds is 5. The lowest BCUT2D eigenvalue weighted by Crippen LogP contribution is -2.32. The minimum absolute atomic E-state index is 0.302. The third-order valence-electron chi connectivity index (χ3n) is 3.09. The molecule has 0 saturated carbocycles. The molecule has 0 aliphatic heterocycles. The number of aliphatic imine (C=N–C) groups is 1. The van der Waals surface area contributed by atoms with Crippen molar-refractivity contribution in [2.45, 2.75) is 26.8 Å². The summed E-state index contributed by atoms with van der Waals surface area (Å²) in [6.45, 7) is 5.01. The summed E-state index contributed by atoms with van der Waals surface area (Å²) in [5.74, 6) is 0.823. The van der Waals surface area contributed by atoms with Crippen LogP contribution in [0.5, 0.6) is 0 Å². The zero-order valence-electron chi connectivity index (χ0n) is 12.3. The number of aryl methyl sites for hydroxylation is 1. The Labute approximate surface area is 123 Å². The molecule has 2 rings (SSSR count). The standard InChI is InChI=1S/C15H20FN5/c1-3-6-19-15(17)20-10-12-4-5-14(13(16)9-12)21-8-7-18-11(21)2/h4-5,7-9H,3,6,10H2,1-2H3,(H3,17,19,20). The Morgan fingerprint density at radius 1 is 1.48 bits per heavy atom. The van der Waals surface area contributed by atoms with Gasteiger partial charge < -0.3 is 15.6 Å². The highest BCUT2D eigenvalue weighted by Gasteiger charge is 2.07. The summed E-state index contributed by atoms with van der Waals surface area (Å²) in [4.78, 5) is 8.27. The van der Waals surface area contributed by atoms with Gasteiger partial charge in [-0.2, -0.15) is 0 Å². The summed E-state index contributed by atoms with van der Waals surface area (Å²) in [6, 6.07) is 5.05. The van der Waals surface area contributed by atoms with Crippen LogP contribution in [0.15, 0.2) is 35.6 Å². The molecule has 21 heavy (non-hydrogen) atoms. The second kappa shape index (κ2) is 6.88. The lowest BCUT2D eigenvalue weighted by molar-refractivity contribution is 0.614. The normalized spacial score (nSPS) is 11.7. The number of nitrogens with two attached hydrogens (primary N) is 1. The Hall–Kier alpha value is -2.37. The molecule has 0 aliphatic rings. The first-order valence-electron chi connectivity index (χ1n) is 6.94. The van der Waals surface area contributed by atoms with Crippen LogP contribution in [0.2, 0.25) is 0 Å². The fraction of sp³-hybridized carbons (Fsp3) is 0.333. The van der Waals surface area contributed by atoms with E-state index in [1.165, 1.54) is 6.07 Å². The number of halogens is 1. The summed E-state index contributed by atoms with van der Waals surface area (Å²) in [5.41, 5.74) is 6.96. The van der Waals surface area contributed by atoms with Crippen molar-refractivity contribution in [3.05, 3.63) is 47.8 Å². The van der Waals surface area contributed by atoms with Crippen LogP contribution in [0.25, 0.3) is 5.69 Å². The molecule has 0 amide bonds. The average molecular weight is 289 g/mol. The van der Waals surface area contributed by atoms with E-state index in [2.05, 4.69) is 15.3 Å². The summed E-state index contributed by atoms with van der Waals surface area (Å²) >= 11 is 0. The molecule has 1 heterocycles. The predicted molar refractivity (Wildman–Crippen MR) is 81.9 cm³/mol. The van der Waals surface area contributed by atoms with Gasteiger partial charge in [-0.25, -0.2) is 14.4 Å². The molecular formula is C15H20FN5. The summed E-state index contributed by atoms with van der Waals surface area (Å²) < 4.78 is 15.9. The van der Waals surface area contributed by atoms with Crippen LogP contribution < -0.4 is 11.1 Å². The number of aromatic nitrogens is 2. The van der Waals surface area contributed by atoms with Crippen molar-refractivity contribution >= 4 is 5.96 Å². The molecule has 1 aromatic carbocycles. The van der Waals surface area contributed by atoms with Crippen molar-refractivity contribution in [3.63, 3.8) is 0 Å². The zero-order chi connectivity index (χ0) is 15.2. The molecule has 0 saturated heterocycles. The third-order valence-corrected chi connectivity index (χ3v) is 3.09. The van der Waals surface area contributed by atoms with Crippen molar-refractivity contribution < 1.29 is 4.39 Å². The van der Waals surface area contributed by atoms with Crippen LogP contribution in [-0.2, 0) is 6.54 Å². The highest BCUT2D eigenvalue weighted by Crippen LogP contribution is 2.17. The molecule has 0 spiro atoms. The molecule has 0 radical (unpaired) electrons. The molecule has 0 atom stereocenters. The predicted octanol–water partition coefficient (Wildman–Crippen LogP) is 2.13. The van der Waals surface area contributed by atoms with Crippen LogP contribution in [0.1, 0.15) is 24.7 Å². The number of hydrogen-bond donors (Lipinski definition) is 2. The number of guanidine groups is 1. The molecule has 0 fully saturated rings. The third kappa shape index (κ3) is 3.81. The fourth-order valence-electron chi connectivity index (χ4n) is 1.96. The van der Waals surface area contributed by atoms with Crippen LogP contribution in [-0.4, -0.2) is 22.1 Å². The maximum Gasteiger partial charge on any atom is 0.188 e. The van der Waals surface area contributed by atoms with E-state index in [0.717, 1.165) is 24.4 Å². The molecule has 0 aliphatic carbocycles. The van der Waals surface area contributed by atoms with Gasteiger partial charge >= 0.3 is 0 Å². The topological polar surface area (TPSA) is 68.2 Å². The first-order chi connectivity index (χ1) is 10.1. The highest BCUT2D eigenvalue weighted by atomic mass is 19.1. The average Bonchev–Trinajstić information content (AvgIpc) is 2.89. The first-order valence-corrected chi connectivity index (χ1v) is 6.94. The number of benzene rings is 1. The SMILES string of the molecule is CCCNC(N)=NCc1ccc(-n2ccnc2C)c(F)c1. The largest absolute Gasteiger partial charge is 0.370 e. The van der Waals surface area contributed by atoms with Gasteiger partial charge in [0.15, 0.2) is 5.96 Å². The van der Waals surface area contributed by atoms with E-state index < -0.39 is 0 Å². The Bertz CT molecular complexity index is 633. The van der Waals surface area contributed by atoms with E-state index in [4.69, 9.17) is 5.73 Å². The van der Waals surface area contributed by atoms with Crippen LogP contribution in [0.4, 0.5) is 4.39 Å². The van der Waals surface area contributed by atoms with Gasteiger partial charge in [0, 0.05) is 18.9 Å². The van der Waals surface area contributed by atoms with Gasteiger partial charge in [0.1, 0.15) is 11.6 Å². The lowest BCUT2D eigenvalue weighted by atomic mass is 10.2. The second-order valence-corrected chi connectivity index (χ2v) is 4.76. The van der Waals surface area contributed by atoms with E-state index in [0.29, 0.717) is 18.2 Å². The van der Waals surface area contributed by atoms with Crippen molar-refractivity contribution in [1.29, 1.82) is 0 Å². The van der Waals surface area contributed by atoms with Gasteiger partial charge in [-0.15, -0.1) is 0 Å². The quantitative estimate of drug-likeness (QED) is 0.654. The number of nitrogens with zero attached hydrogens (tertiary/aromatic N) is 3. The molecule has 0 unspecified atom stereocenters. The fourth-order valence-corrected chi connectivity index (χ4v) is 1.96. The molecule has 0 bridgehead atoms. The van der Waals surface area contributed by atoms with Crippen LogP contribution in [0.3, 0.4) is 0 Å². The first kappa shape index (κ1) is 15.0. The number of nitrogens with one attached hydrogen (secondary N) is 1. The number of hydrogen-bond acceptors (Lipinski definition) is 2. The Morgan fingerprint density at radius 2 is 2.29 bits per heavy atom. The van der Waals surface area contributed by atoms with Crippen LogP contribution >= 0.6 is 0 Å². The lowest BCUT2D eigenvalue weighted by Gasteiger charge is -2.08. The van der Waals surface area contributed by atoms with Gasteiger partial charge in [0.25, 0.3) is 0 Å². The summed E-state index contributed by atoms with van der Waals surface area (Å²) in [6.07, 6.45) is 4.36. The molecule has 3 N–H and O–H groups in total. The van der Waals surface area contributed by atoms with Gasteiger partial charge in [0.05, 0.1) is 12.2 Å². The molecular weight excluding hydrogens is 269 g/mol. The Kier molecular flexibility index (Phi) is 4.92. The monoisotopic (exact) mass is 289 g/mol. The van der Waals surface area contributed by atoms with Crippen molar-refractivity contribution in [2.75, 3.05) is 6.54 Å². The molecule has 2 aromatic rings. The smallest absolute Gasteiger partial charge is 0.188 e. The van der Waals surface area contributed by atoms with E-state index >= 15 is 0 Å². The maximum atomic E-state index is 14.2. The van der Waals surface area contributed by atoms with Gasteiger partial charge in [-0.1, -0.05) is 13.0 Å². The Morgan fingerprint density at radius 3 is 2.90 bits per heavy atom. The van der Waals surface area contributed by atoms with Crippen molar-refractivity contribution in [1.82, 2.24) is 14.9 Å². The maximum absolute atomic E-state index is 14.2. The molecule has 112 valence electrons. The molecule has 1 aromatic heterocycles. The van der Waals surface area contributed by atoms with E-state index in [1.54, 1.807) is 23.0 Å². The van der Waals surface area contributed by atoms with Gasteiger partial charge in [-0.3, -0.25) is 0 Å². The van der Waals surface area contributed by atoms with Crippen molar-refractivity contribution in [2.24, 2.45) is 10.7 Å².